The Morgan fingerprint density at radius 1 is 1.78 bits per heavy atom. The van der Waals surface area contributed by atoms with Gasteiger partial charge >= 0.3 is 0 Å². The highest BCUT2D eigenvalue weighted by atomic mass is 32.1. The van der Waals surface area contributed by atoms with Crippen LogP contribution in [0.4, 0.5) is 0 Å². The average molecular weight is 142 g/mol. The number of rotatable bonds is 2. The monoisotopic (exact) mass is 142 g/mol. The first kappa shape index (κ1) is 6.68. The van der Waals surface area contributed by atoms with E-state index in [9.17, 15) is 0 Å². The van der Waals surface area contributed by atoms with Crippen molar-refractivity contribution in [2.24, 2.45) is 0 Å². The summed E-state index contributed by atoms with van der Waals surface area (Å²) in [6, 6.07) is 0. The standard InChI is InChI=1S/C6H10N2S/c1-6-7-2-3-8(6)4-5-9/h2-3,9H,4-5H2,1H3. The Morgan fingerprint density at radius 3 is 3.00 bits per heavy atom. The summed E-state index contributed by atoms with van der Waals surface area (Å²) in [4.78, 5) is 4.06. The van der Waals surface area contributed by atoms with Crippen molar-refractivity contribution in [3.8, 4) is 0 Å². The van der Waals surface area contributed by atoms with E-state index in [1.807, 2.05) is 13.1 Å². The zero-order valence-electron chi connectivity index (χ0n) is 5.41. The molecule has 0 saturated heterocycles. The Hall–Kier alpha value is -0.440. The third kappa shape index (κ3) is 1.48. The third-order valence-electron chi connectivity index (χ3n) is 1.26. The Bertz CT molecular complexity index is 183. The van der Waals surface area contributed by atoms with Crippen molar-refractivity contribution in [3.63, 3.8) is 0 Å². The van der Waals surface area contributed by atoms with Gasteiger partial charge in [0, 0.05) is 24.7 Å². The summed E-state index contributed by atoms with van der Waals surface area (Å²) in [7, 11) is 0. The first-order chi connectivity index (χ1) is 4.34. The molecule has 1 heterocycles. The Labute approximate surface area is 60.3 Å². The van der Waals surface area contributed by atoms with Gasteiger partial charge in [-0.25, -0.2) is 4.98 Å². The van der Waals surface area contributed by atoms with E-state index in [1.165, 1.54) is 0 Å². The maximum absolute atomic E-state index is 4.11. The quantitative estimate of drug-likeness (QED) is 0.613. The van der Waals surface area contributed by atoms with Crippen LogP contribution in [0.1, 0.15) is 5.82 Å². The lowest BCUT2D eigenvalue weighted by Gasteiger charge is -1.98. The van der Waals surface area contributed by atoms with Crippen LogP contribution in [-0.4, -0.2) is 15.3 Å². The smallest absolute Gasteiger partial charge is 0.105 e. The van der Waals surface area contributed by atoms with Crippen LogP contribution in [0.5, 0.6) is 0 Å². The molecular formula is C6H10N2S. The van der Waals surface area contributed by atoms with E-state index in [0.717, 1.165) is 18.1 Å². The van der Waals surface area contributed by atoms with E-state index in [0.29, 0.717) is 0 Å². The molecule has 0 amide bonds. The SMILES string of the molecule is Cc1nccn1CCS. The lowest BCUT2D eigenvalue weighted by atomic mass is 10.6. The third-order valence-corrected chi connectivity index (χ3v) is 1.46. The molecule has 0 aliphatic heterocycles. The minimum Gasteiger partial charge on any atom is -0.334 e. The van der Waals surface area contributed by atoms with Crippen LogP contribution in [0.15, 0.2) is 12.4 Å². The van der Waals surface area contributed by atoms with Crippen LogP contribution in [-0.2, 0) is 6.54 Å². The number of aromatic nitrogens is 2. The van der Waals surface area contributed by atoms with Gasteiger partial charge in [-0.05, 0) is 6.92 Å². The summed E-state index contributed by atoms with van der Waals surface area (Å²) in [6.45, 7) is 2.94. The Morgan fingerprint density at radius 2 is 2.56 bits per heavy atom. The van der Waals surface area contributed by atoms with Gasteiger partial charge in [0.15, 0.2) is 0 Å². The first-order valence-corrected chi connectivity index (χ1v) is 3.56. The molecule has 0 atom stereocenters. The largest absolute Gasteiger partial charge is 0.334 e. The number of hydrogen-bond acceptors (Lipinski definition) is 2. The fraction of sp³-hybridized carbons (Fsp3) is 0.500. The van der Waals surface area contributed by atoms with Gasteiger partial charge in [-0.15, -0.1) is 0 Å². The van der Waals surface area contributed by atoms with Crippen molar-refractivity contribution < 1.29 is 0 Å². The minimum absolute atomic E-state index is 0.872. The van der Waals surface area contributed by atoms with Crippen molar-refractivity contribution in [2.45, 2.75) is 13.5 Å². The van der Waals surface area contributed by atoms with Crippen molar-refractivity contribution in [3.05, 3.63) is 18.2 Å². The molecule has 0 spiro atoms. The highest BCUT2D eigenvalue weighted by Crippen LogP contribution is 1.94. The van der Waals surface area contributed by atoms with E-state index in [1.54, 1.807) is 6.20 Å². The number of imidazole rings is 1. The molecule has 0 bridgehead atoms. The van der Waals surface area contributed by atoms with Gasteiger partial charge < -0.3 is 4.57 Å². The summed E-state index contributed by atoms with van der Waals surface area (Å²) in [6.07, 6.45) is 3.77. The molecule has 1 aromatic rings. The molecule has 0 aliphatic rings. The summed E-state index contributed by atoms with van der Waals surface area (Å²) < 4.78 is 2.08. The molecule has 0 aliphatic carbocycles. The summed E-state index contributed by atoms with van der Waals surface area (Å²) in [5, 5.41) is 0. The predicted octanol–water partition coefficient (Wildman–Crippen LogP) is 1.12. The lowest BCUT2D eigenvalue weighted by molar-refractivity contribution is 0.739. The Kier molecular flexibility index (Phi) is 2.16. The second-order valence-electron chi connectivity index (χ2n) is 1.89. The average Bonchev–Trinajstić information content (AvgIpc) is 2.18. The number of hydrogen-bond donors (Lipinski definition) is 1. The maximum Gasteiger partial charge on any atom is 0.105 e. The van der Waals surface area contributed by atoms with Gasteiger partial charge in [0.2, 0.25) is 0 Å². The minimum atomic E-state index is 0.872. The molecule has 50 valence electrons. The molecule has 0 unspecified atom stereocenters. The molecule has 0 aromatic carbocycles. The number of thiol groups is 1. The molecular weight excluding hydrogens is 132 g/mol. The van der Waals surface area contributed by atoms with E-state index in [2.05, 4.69) is 22.2 Å². The first-order valence-electron chi connectivity index (χ1n) is 2.93. The lowest BCUT2D eigenvalue weighted by Crippen LogP contribution is -1.99. The number of nitrogens with zero attached hydrogens (tertiary/aromatic N) is 2. The summed E-state index contributed by atoms with van der Waals surface area (Å²) >= 11 is 4.11. The number of aryl methyl sites for hydroxylation is 2. The molecule has 1 rings (SSSR count). The predicted molar refractivity (Wildman–Crippen MR) is 40.8 cm³/mol. The van der Waals surface area contributed by atoms with E-state index in [-0.39, 0.29) is 0 Å². The van der Waals surface area contributed by atoms with E-state index in [4.69, 9.17) is 0 Å². The van der Waals surface area contributed by atoms with Crippen molar-refractivity contribution in [1.82, 2.24) is 9.55 Å². The summed E-state index contributed by atoms with van der Waals surface area (Å²) in [5.41, 5.74) is 0. The van der Waals surface area contributed by atoms with Crippen LogP contribution < -0.4 is 0 Å². The normalized spacial score (nSPS) is 10.0. The molecule has 9 heavy (non-hydrogen) atoms. The van der Waals surface area contributed by atoms with Crippen molar-refractivity contribution in [2.75, 3.05) is 5.75 Å². The van der Waals surface area contributed by atoms with Gasteiger partial charge in [-0.1, -0.05) is 0 Å². The highest BCUT2D eigenvalue weighted by Gasteiger charge is 1.91. The van der Waals surface area contributed by atoms with Crippen LogP contribution in [0.3, 0.4) is 0 Å². The maximum atomic E-state index is 4.11. The van der Waals surface area contributed by atoms with Crippen LogP contribution in [0.25, 0.3) is 0 Å². The molecule has 0 N–H and O–H groups in total. The van der Waals surface area contributed by atoms with E-state index < -0.39 is 0 Å². The fourth-order valence-corrected chi connectivity index (χ4v) is 0.963. The molecule has 0 radical (unpaired) electrons. The topological polar surface area (TPSA) is 17.8 Å². The molecule has 0 saturated carbocycles. The van der Waals surface area contributed by atoms with Crippen LogP contribution in [0, 0.1) is 6.92 Å². The zero-order valence-corrected chi connectivity index (χ0v) is 6.30. The van der Waals surface area contributed by atoms with Gasteiger partial charge in [-0.2, -0.15) is 12.6 Å². The highest BCUT2D eigenvalue weighted by molar-refractivity contribution is 7.80. The molecule has 0 fully saturated rings. The van der Waals surface area contributed by atoms with Crippen molar-refractivity contribution >= 4 is 12.6 Å². The second kappa shape index (κ2) is 2.92. The van der Waals surface area contributed by atoms with Gasteiger partial charge in [0.25, 0.3) is 0 Å². The summed E-state index contributed by atoms with van der Waals surface area (Å²) in [5.74, 6) is 1.93. The van der Waals surface area contributed by atoms with Crippen LogP contribution >= 0.6 is 12.6 Å². The molecule has 2 nitrogen and oxygen atoms in total. The Balaban J connectivity index is 2.69. The van der Waals surface area contributed by atoms with Gasteiger partial charge in [-0.3, -0.25) is 0 Å². The van der Waals surface area contributed by atoms with Crippen LogP contribution in [0.2, 0.25) is 0 Å². The van der Waals surface area contributed by atoms with Gasteiger partial charge in [0.1, 0.15) is 5.82 Å². The zero-order chi connectivity index (χ0) is 6.69. The molecule has 3 heteroatoms. The fourth-order valence-electron chi connectivity index (χ4n) is 0.748. The van der Waals surface area contributed by atoms with Crippen molar-refractivity contribution in [1.29, 1.82) is 0 Å². The van der Waals surface area contributed by atoms with E-state index >= 15 is 0 Å². The molecule has 1 aromatic heterocycles. The second-order valence-corrected chi connectivity index (χ2v) is 2.34. The van der Waals surface area contributed by atoms with Gasteiger partial charge in [0.05, 0.1) is 0 Å².